The number of fused-ring (bicyclic) bond motifs is 1. The smallest absolute Gasteiger partial charge is 0.305 e. The highest BCUT2D eigenvalue weighted by Crippen LogP contribution is 2.32. The Morgan fingerprint density at radius 1 is 1.10 bits per heavy atom. The van der Waals surface area contributed by atoms with Gasteiger partial charge in [-0.2, -0.15) is 0 Å². The molecule has 0 saturated carbocycles. The van der Waals surface area contributed by atoms with Crippen LogP contribution in [-0.2, 0) is 9.53 Å². The van der Waals surface area contributed by atoms with Gasteiger partial charge in [0.2, 0.25) is 0 Å². The molecule has 3 rings (SSSR count). The van der Waals surface area contributed by atoms with Gasteiger partial charge >= 0.3 is 5.97 Å². The highest BCUT2D eigenvalue weighted by Gasteiger charge is 2.08. The van der Waals surface area contributed by atoms with E-state index in [2.05, 4.69) is 10.3 Å². The summed E-state index contributed by atoms with van der Waals surface area (Å²) in [5.74, 6) is 0.506. The van der Waals surface area contributed by atoms with Crippen LogP contribution in [0.4, 0.5) is 11.4 Å². The fraction of sp³-hybridized carbons (Fsp3) is 0.273. The lowest BCUT2D eigenvalue weighted by atomic mass is 10.1. The van der Waals surface area contributed by atoms with Crippen molar-refractivity contribution in [1.29, 1.82) is 0 Å². The van der Waals surface area contributed by atoms with E-state index in [1.807, 2.05) is 37.3 Å². The molecule has 1 N–H and O–H groups in total. The summed E-state index contributed by atoms with van der Waals surface area (Å²) in [6.07, 6.45) is 0.934. The van der Waals surface area contributed by atoms with E-state index in [9.17, 15) is 4.79 Å². The first kappa shape index (κ1) is 21.2. The van der Waals surface area contributed by atoms with Crippen LogP contribution in [0.1, 0.15) is 25.5 Å². The summed E-state index contributed by atoms with van der Waals surface area (Å²) in [6, 6.07) is 13.1. The van der Waals surface area contributed by atoms with E-state index in [-0.39, 0.29) is 5.97 Å². The number of nitrogens with zero attached hydrogens (tertiary/aromatic N) is 1. The fourth-order valence-electron chi connectivity index (χ4n) is 2.90. The van der Waals surface area contributed by atoms with Gasteiger partial charge in [0.05, 0.1) is 28.8 Å². The lowest BCUT2D eigenvalue weighted by Crippen LogP contribution is -2.06. The number of esters is 1. The standard InChI is InChI=1S/C22H22Cl2N2O3/c1-3-28-22(27)5-4-10-29-16-7-9-20-17(13-16)21(11-14(2)25-20)26-15-6-8-18(23)19(24)12-15/h6-9,11-13H,3-5,10H2,1-2H3,(H,25,26). The molecule has 0 amide bonds. The lowest BCUT2D eigenvalue weighted by Gasteiger charge is -2.13. The number of aromatic nitrogens is 1. The Bertz CT molecular complexity index is 1020. The number of ether oxygens (including phenoxy) is 2. The Kier molecular flexibility index (Phi) is 7.18. The molecule has 0 fully saturated rings. The van der Waals surface area contributed by atoms with Gasteiger partial charge in [-0.1, -0.05) is 23.2 Å². The molecule has 0 unspecified atom stereocenters. The molecule has 3 aromatic rings. The second-order valence-electron chi connectivity index (χ2n) is 6.50. The van der Waals surface area contributed by atoms with Crippen LogP contribution in [0.15, 0.2) is 42.5 Å². The minimum Gasteiger partial charge on any atom is -0.494 e. The zero-order chi connectivity index (χ0) is 20.8. The Morgan fingerprint density at radius 2 is 1.93 bits per heavy atom. The quantitative estimate of drug-likeness (QED) is 0.333. The molecule has 0 radical (unpaired) electrons. The lowest BCUT2D eigenvalue weighted by molar-refractivity contribution is -0.143. The maximum Gasteiger partial charge on any atom is 0.305 e. The van der Waals surface area contributed by atoms with Crippen LogP contribution in [0.2, 0.25) is 10.0 Å². The van der Waals surface area contributed by atoms with Crippen molar-refractivity contribution in [2.24, 2.45) is 0 Å². The summed E-state index contributed by atoms with van der Waals surface area (Å²) in [7, 11) is 0. The van der Waals surface area contributed by atoms with Crippen molar-refractivity contribution in [2.45, 2.75) is 26.7 Å². The largest absolute Gasteiger partial charge is 0.494 e. The van der Waals surface area contributed by atoms with Gasteiger partial charge in [0, 0.05) is 28.9 Å². The number of nitrogens with one attached hydrogen (secondary N) is 1. The molecule has 0 aliphatic heterocycles. The van der Waals surface area contributed by atoms with Crippen LogP contribution in [0.25, 0.3) is 10.9 Å². The molecule has 29 heavy (non-hydrogen) atoms. The van der Waals surface area contributed by atoms with Gasteiger partial charge < -0.3 is 14.8 Å². The third kappa shape index (κ3) is 5.75. The minimum atomic E-state index is -0.206. The van der Waals surface area contributed by atoms with E-state index >= 15 is 0 Å². The number of benzene rings is 2. The average Bonchev–Trinajstić information content (AvgIpc) is 2.68. The number of rotatable bonds is 8. The van der Waals surface area contributed by atoms with Gasteiger partial charge in [-0.25, -0.2) is 0 Å². The van der Waals surface area contributed by atoms with Gasteiger partial charge in [-0.05, 0) is 62.7 Å². The number of pyridine rings is 1. The molecule has 0 bridgehead atoms. The Hall–Kier alpha value is -2.50. The summed E-state index contributed by atoms with van der Waals surface area (Å²) < 4.78 is 10.7. The van der Waals surface area contributed by atoms with Crippen molar-refractivity contribution in [2.75, 3.05) is 18.5 Å². The van der Waals surface area contributed by atoms with Crippen LogP contribution >= 0.6 is 23.2 Å². The number of hydrogen-bond donors (Lipinski definition) is 1. The normalized spacial score (nSPS) is 10.8. The molecule has 0 aliphatic carbocycles. The molecule has 0 saturated heterocycles. The third-order valence-corrected chi connectivity index (χ3v) is 4.95. The fourth-order valence-corrected chi connectivity index (χ4v) is 3.20. The third-order valence-electron chi connectivity index (χ3n) is 4.21. The van der Waals surface area contributed by atoms with E-state index in [1.165, 1.54) is 0 Å². The molecule has 0 spiro atoms. The van der Waals surface area contributed by atoms with Crippen molar-refractivity contribution in [3.8, 4) is 5.75 Å². The maximum absolute atomic E-state index is 11.4. The molecule has 2 aromatic carbocycles. The summed E-state index contributed by atoms with van der Waals surface area (Å²) in [5, 5.41) is 5.29. The van der Waals surface area contributed by atoms with Gasteiger partial charge in [-0.3, -0.25) is 9.78 Å². The second-order valence-corrected chi connectivity index (χ2v) is 7.32. The molecular formula is C22H22Cl2N2O3. The van der Waals surface area contributed by atoms with E-state index in [0.717, 1.165) is 28.0 Å². The molecule has 7 heteroatoms. The number of carbonyl (C=O) groups is 1. The van der Waals surface area contributed by atoms with Crippen LogP contribution in [0.3, 0.4) is 0 Å². The van der Waals surface area contributed by atoms with Gasteiger partial charge in [0.15, 0.2) is 0 Å². The van der Waals surface area contributed by atoms with Gasteiger partial charge in [0.25, 0.3) is 0 Å². The molecule has 0 aliphatic rings. The van der Waals surface area contributed by atoms with Crippen molar-refractivity contribution < 1.29 is 14.3 Å². The van der Waals surface area contributed by atoms with E-state index in [0.29, 0.717) is 41.9 Å². The topological polar surface area (TPSA) is 60.5 Å². The summed E-state index contributed by atoms with van der Waals surface area (Å²) in [5.41, 5.74) is 3.46. The first-order valence-electron chi connectivity index (χ1n) is 9.38. The number of anilines is 2. The van der Waals surface area contributed by atoms with E-state index < -0.39 is 0 Å². The highest BCUT2D eigenvalue weighted by atomic mass is 35.5. The number of hydrogen-bond acceptors (Lipinski definition) is 5. The first-order valence-corrected chi connectivity index (χ1v) is 10.1. The SMILES string of the molecule is CCOC(=O)CCCOc1ccc2nc(C)cc(Nc3ccc(Cl)c(Cl)c3)c2c1. The summed E-state index contributed by atoms with van der Waals surface area (Å²) in [6.45, 7) is 4.56. The molecule has 5 nitrogen and oxygen atoms in total. The van der Waals surface area contributed by atoms with Crippen LogP contribution in [0, 0.1) is 6.92 Å². The van der Waals surface area contributed by atoms with Crippen LogP contribution in [0.5, 0.6) is 5.75 Å². The number of aryl methyl sites for hydroxylation is 1. The zero-order valence-electron chi connectivity index (χ0n) is 16.3. The molecular weight excluding hydrogens is 411 g/mol. The number of halogens is 2. The first-order chi connectivity index (χ1) is 14.0. The van der Waals surface area contributed by atoms with Crippen molar-refractivity contribution >= 4 is 51.4 Å². The van der Waals surface area contributed by atoms with E-state index in [1.54, 1.807) is 19.1 Å². The van der Waals surface area contributed by atoms with Crippen molar-refractivity contribution in [1.82, 2.24) is 4.98 Å². The Morgan fingerprint density at radius 3 is 2.69 bits per heavy atom. The molecule has 0 atom stereocenters. The minimum absolute atomic E-state index is 0.206. The maximum atomic E-state index is 11.4. The van der Waals surface area contributed by atoms with Crippen molar-refractivity contribution in [3.05, 3.63) is 58.2 Å². The summed E-state index contributed by atoms with van der Waals surface area (Å²) in [4.78, 5) is 16.0. The summed E-state index contributed by atoms with van der Waals surface area (Å²) >= 11 is 12.1. The molecule has 1 aromatic heterocycles. The Labute approximate surface area is 179 Å². The average molecular weight is 433 g/mol. The second kappa shape index (κ2) is 9.81. The molecule has 1 heterocycles. The predicted molar refractivity (Wildman–Crippen MR) is 118 cm³/mol. The highest BCUT2D eigenvalue weighted by molar-refractivity contribution is 6.42. The zero-order valence-corrected chi connectivity index (χ0v) is 17.8. The molecule has 152 valence electrons. The van der Waals surface area contributed by atoms with Gasteiger partial charge in [0.1, 0.15) is 5.75 Å². The van der Waals surface area contributed by atoms with E-state index in [4.69, 9.17) is 32.7 Å². The van der Waals surface area contributed by atoms with Crippen molar-refractivity contribution in [3.63, 3.8) is 0 Å². The predicted octanol–water partition coefficient (Wildman–Crippen LogP) is 6.32. The van der Waals surface area contributed by atoms with Gasteiger partial charge in [-0.15, -0.1) is 0 Å². The van der Waals surface area contributed by atoms with Crippen LogP contribution in [-0.4, -0.2) is 24.2 Å². The monoisotopic (exact) mass is 432 g/mol. The Balaban J connectivity index is 1.77. The number of carbonyl (C=O) groups excluding carboxylic acids is 1. The van der Waals surface area contributed by atoms with Crippen LogP contribution < -0.4 is 10.1 Å².